The molecule has 2 N–H and O–H groups in total. The summed E-state index contributed by atoms with van der Waals surface area (Å²) in [4.78, 5) is 34.8. The smallest absolute Gasteiger partial charge is 0.414 e. The molecule has 1 heterocycles. The van der Waals surface area contributed by atoms with Crippen molar-refractivity contribution in [3.63, 3.8) is 0 Å². The van der Waals surface area contributed by atoms with Gasteiger partial charge in [0.05, 0.1) is 6.61 Å². The van der Waals surface area contributed by atoms with Gasteiger partial charge >= 0.3 is 11.9 Å². The highest BCUT2D eigenvalue weighted by molar-refractivity contribution is 6.27. The van der Waals surface area contributed by atoms with Gasteiger partial charge in [-0.3, -0.25) is 9.69 Å². The summed E-state index contributed by atoms with van der Waals surface area (Å²) in [7, 11) is 0. The lowest BCUT2D eigenvalue weighted by molar-refractivity contribution is -0.159. The van der Waals surface area contributed by atoms with Crippen LogP contribution in [-0.4, -0.2) is 77.3 Å². The fourth-order valence-corrected chi connectivity index (χ4v) is 3.14. The number of carbonyl (C=O) groups excluding carboxylic acids is 1. The average Bonchev–Trinajstić information content (AvgIpc) is 2.81. The third kappa shape index (κ3) is 9.20. The molecule has 2 aromatic rings. The van der Waals surface area contributed by atoms with Gasteiger partial charge in [-0.2, -0.15) is 0 Å². The van der Waals surface area contributed by atoms with Crippen molar-refractivity contribution in [2.24, 2.45) is 0 Å². The number of nitrogens with zero attached hydrogens (tertiary/aromatic N) is 2. The number of ether oxygens (including phenoxy) is 2. The van der Waals surface area contributed by atoms with Crippen molar-refractivity contribution in [2.45, 2.75) is 20.4 Å². The van der Waals surface area contributed by atoms with Gasteiger partial charge in [-0.1, -0.05) is 29.8 Å². The fraction of sp³-hybridized carbons (Fsp3) is 0.375. The summed E-state index contributed by atoms with van der Waals surface area (Å²) in [6, 6.07) is 16.0. The van der Waals surface area contributed by atoms with Crippen LogP contribution in [0.5, 0.6) is 11.5 Å². The molecule has 1 aliphatic rings. The molecule has 0 aliphatic carbocycles. The first-order valence-corrected chi connectivity index (χ1v) is 10.7. The molecule has 0 atom stereocenters. The van der Waals surface area contributed by atoms with E-state index < -0.39 is 11.9 Å². The molecule has 0 radical (unpaired) electrons. The molecule has 0 bridgehead atoms. The summed E-state index contributed by atoms with van der Waals surface area (Å²) < 4.78 is 11.1. The van der Waals surface area contributed by atoms with Crippen molar-refractivity contribution in [3.05, 3.63) is 59.7 Å². The maximum Gasteiger partial charge on any atom is 0.414 e. The number of hydrogen-bond acceptors (Lipinski definition) is 6. The Morgan fingerprint density at radius 3 is 1.85 bits per heavy atom. The minimum Gasteiger partial charge on any atom is -0.494 e. The summed E-state index contributed by atoms with van der Waals surface area (Å²) in [6.07, 6.45) is 0. The summed E-state index contributed by atoms with van der Waals surface area (Å²) in [5.41, 5.74) is 2.44. The Balaban J connectivity index is 0.000000569. The van der Waals surface area contributed by atoms with Crippen molar-refractivity contribution in [3.8, 4) is 11.5 Å². The van der Waals surface area contributed by atoms with Crippen molar-refractivity contribution >= 4 is 17.8 Å². The van der Waals surface area contributed by atoms with Crippen molar-refractivity contribution in [1.82, 2.24) is 9.80 Å². The lowest BCUT2D eigenvalue weighted by atomic mass is 10.2. The lowest BCUT2D eigenvalue weighted by Crippen LogP contribution is -2.49. The van der Waals surface area contributed by atoms with E-state index in [2.05, 4.69) is 17.0 Å². The van der Waals surface area contributed by atoms with E-state index in [4.69, 9.17) is 29.3 Å². The van der Waals surface area contributed by atoms with Crippen molar-refractivity contribution in [1.29, 1.82) is 0 Å². The molecule has 1 aliphatic heterocycles. The number of piperazine rings is 1. The van der Waals surface area contributed by atoms with Crippen molar-refractivity contribution in [2.75, 3.05) is 39.4 Å². The van der Waals surface area contributed by atoms with Gasteiger partial charge < -0.3 is 24.6 Å². The molecule has 9 heteroatoms. The Kier molecular flexibility index (Phi) is 10.2. The molecule has 1 amide bonds. The fourth-order valence-electron chi connectivity index (χ4n) is 3.14. The number of hydrogen-bond donors (Lipinski definition) is 2. The maximum absolute atomic E-state index is 12.4. The second-order valence-corrected chi connectivity index (χ2v) is 7.45. The first-order valence-electron chi connectivity index (χ1n) is 10.7. The molecule has 178 valence electrons. The van der Waals surface area contributed by atoms with Crippen LogP contribution in [0.4, 0.5) is 0 Å². The Morgan fingerprint density at radius 1 is 0.818 bits per heavy atom. The van der Waals surface area contributed by atoms with E-state index in [0.717, 1.165) is 44.2 Å². The molecule has 1 saturated heterocycles. The minimum absolute atomic E-state index is 0.0521. The van der Waals surface area contributed by atoms with E-state index in [1.165, 1.54) is 11.1 Å². The van der Waals surface area contributed by atoms with Crippen molar-refractivity contribution < 1.29 is 34.1 Å². The van der Waals surface area contributed by atoms with Gasteiger partial charge in [0.15, 0.2) is 6.61 Å². The van der Waals surface area contributed by atoms with E-state index in [1.54, 1.807) is 0 Å². The van der Waals surface area contributed by atoms with Crippen LogP contribution in [0.1, 0.15) is 18.1 Å². The van der Waals surface area contributed by atoms with Gasteiger partial charge in [-0.15, -0.1) is 0 Å². The zero-order chi connectivity index (χ0) is 24.2. The maximum atomic E-state index is 12.4. The summed E-state index contributed by atoms with van der Waals surface area (Å²) >= 11 is 0. The van der Waals surface area contributed by atoms with Gasteiger partial charge in [0.1, 0.15) is 11.5 Å². The van der Waals surface area contributed by atoms with Crippen LogP contribution in [0.2, 0.25) is 0 Å². The zero-order valence-electron chi connectivity index (χ0n) is 18.9. The predicted octanol–water partition coefficient (Wildman–Crippen LogP) is 2.27. The Bertz CT molecular complexity index is 893. The van der Waals surface area contributed by atoms with Crippen LogP contribution in [0.15, 0.2) is 48.5 Å². The first-order chi connectivity index (χ1) is 15.8. The van der Waals surface area contributed by atoms with Crippen LogP contribution in [0, 0.1) is 6.92 Å². The molecule has 0 unspecified atom stereocenters. The number of rotatable bonds is 7. The van der Waals surface area contributed by atoms with Crippen LogP contribution >= 0.6 is 0 Å². The number of carboxylic acid groups (broad SMARTS) is 2. The Hall–Kier alpha value is -3.59. The Morgan fingerprint density at radius 2 is 1.33 bits per heavy atom. The molecule has 9 nitrogen and oxygen atoms in total. The highest BCUT2D eigenvalue weighted by Crippen LogP contribution is 2.15. The lowest BCUT2D eigenvalue weighted by Gasteiger charge is -2.34. The largest absolute Gasteiger partial charge is 0.494 e. The van der Waals surface area contributed by atoms with E-state index in [1.807, 2.05) is 55.1 Å². The van der Waals surface area contributed by atoms with Crippen LogP contribution in [0.3, 0.4) is 0 Å². The molecule has 0 aromatic heterocycles. The molecule has 0 spiro atoms. The number of aliphatic carboxylic acids is 2. The van der Waals surface area contributed by atoms with Gasteiger partial charge in [-0.25, -0.2) is 9.59 Å². The minimum atomic E-state index is -1.82. The van der Waals surface area contributed by atoms with Crippen LogP contribution < -0.4 is 9.47 Å². The third-order valence-corrected chi connectivity index (χ3v) is 4.93. The molecule has 0 saturated carbocycles. The standard InChI is InChI=1S/C22H28N2O3.C2H2O4/c1-3-26-20-10-6-19(7-11-20)16-23-12-14-24(15-13-23)22(25)17-27-21-8-4-18(2)5-9-21;3-1(4)2(5)6/h4-11H,3,12-17H2,1-2H3;(H,3,4)(H,5,6). The van der Waals surface area contributed by atoms with Gasteiger partial charge in [0.2, 0.25) is 0 Å². The molecule has 1 fully saturated rings. The topological polar surface area (TPSA) is 117 Å². The molecule has 33 heavy (non-hydrogen) atoms. The number of amides is 1. The number of carboxylic acids is 2. The molecule has 3 rings (SSSR count). The second-order valence-electron chi connectivity index (χ2n) is 7.45. The molecular weight excluding hydrogens is 428 g/mol. The average molecular weight is 459 g/mol. The van der Waals surface area contributed by atoms with E-state index >= 15 is 0 Å². The number of carbonyl (C=O) groups is 3. The van der Waals surface area contributed by atoms with Crippen LogP contribution in [0.25, 0.3) is 0 Å². The summed E-state index contributed by atoms with van der Waals surface area (Å²) in [5.74, 6) is -1.95. The number of aryl methyl sites for hydroxylation is 1. The van der Waals surface area contributed by atoms with Gasteiger partial charge in [-0.05, 0) is 43.7 Å². The normalized spacial score (nSPS) is 13.5. The second kappa shape index (κ2) is 13.1. The predicted molar refractivity (Wildman–Crippen MR) is 121 cm³/mol. The number of benzene rings is 2. The summed E-state index contributed by atoms with van der Waals surface area (Å²) in [5, 5.41) is 14.8. The monoisotopic (exact) mass is 458 g/mol. The van der Waals surface area contributed by atoms with E-state index in [9.17, 15) is 4.79 Å². The third-order valence-electron chi connectivity index (χ3n) is 4.93. The zero-order valence-corrected chi connectivity index (χ0v) is 18.9. The van der Waals surface area contributed by atoms with Gasteiger partial charge in [0, 0.05) is 32.7 Å². The Labute approximate surface area is 193 Å². The van der Waals surface area contributed by atoms with Gasteiger partial charge in [0.25, 0.3) is 5.91 Å². The molecule has 2 aromatic carbocycles. The highest BCUT2D eigenvalue weighted by atomic mass is 16.5. The van der Waals surface area contributed by atoms with Crippen LogP contribution in [-0.2, 0) is 20.9 Å². The van der Waals surface area contributed by atoms with E-state index in [-0.39, 0.29) is 12.5 Å². The first kappa shape index (κ1) is 25.7. The van der Waals surface area contributed by atoms with E-state index in [0.29, 0.717) is 6.61 Å². The summed E-state index contributed by atoms with van der Waals surface area (Å²) in [6.45, 7) is 8.94. The molecular formula is C24H30N2O7. The quantitative estimate of drug-likeness (QED) is 0.607. The SMILES string of the molecule is CCOc1ccc(CN2CCN(C(=O)COc3ccc(C)cc3)CC2)cc1.O=C(O)C(=O)O. The highest BCUT2D eigenvalue weighted by Gasteiger charge is 2.21.